The van der Waals surface area contributed by atoms with E-state index < -0.39 is 9.84 Å². The van der Waals surface area contributed by atoms with Crippen molar-refractivity contribution in [2.75, 3.05) is 25.1 Å². The summed E-state index contributed by atoms with van der Waals surface area (Å²) >= 11 is 0. The maximum absolute atomic E-state index is 11.4. The quantitative estimate of drug-likeness (QED) is 0.650. The molecular formula is C12H25N3O3S. The largest absolute Gasteiger partial charge is 0.368 e. The molecule has 0 radical (unpaired) electrons. The third kappa shape index (κ3) is 5.46. The Morgan fingerprint density at radius 3 is 2.53 bits per heavy atom. The molecule has 3 N–H and O–H groups in total. The van der Waals surface area contributed by atoms with Crippen LogP contribution in [0.4, 0.5) is 0 Å². The molecule has 1 amide bonds. The number of hydrogen-bond donors (Lipinski definition) is 2. The van der Waals surface area contributed by atoms with Crippen LogP contribution in [0.15, 0.2) is 0 Å². The Morgan fingerprint density at radius 1 is 1.47 bits per heavy atom. The topological polar surface area (TPSA) is 92.5 Å². The molecule has 0 saturated carbocycles. The highest BCUT2D eigenvalue weighted by atomic mass is 32.2. The molecule has 0 aliphatic carbocycles. The summed E-state index contributed by atoms with van der Waals surface area (Å²) in [4.78, 5) is 13.3. The van der Waals surface area contributed by atoms with Gasteiger partial charge >= 0.3 is 0 Å². The Morgan fingerprint density at radius 2 is 2.11 bits per heavy atom. The zero-order valence-corrected chi connectivity index (χ0v) is 12.7. The first kappa shape index (κ1) is 16.4. The lowest BCUT2D eigenvalue weighted by atomic mass is 10.1. The molecule has 7 heteroatoms. The van der Waals surface area contributed by atoms with Crippen LogP contribution in [-0.2, 0) is 14.6 Å². The van der Waals surface area contributed by atoms with Crippen molar-refractivity contribution in [1.82, 2.24) is 10.2 Å². The average molecular weight is 291 g/mol. The SMILES string of the molecule is CC(C)NC(CCN(C)C1CCS(=O)(=O)C1)C(N)=O. The van der Waals surface area contributed by atoms with E-state index in [1.165, 1.54) is 0 Å². The van der Waals surface area contributed by atoms with Crippen molar-refractivity contribution in [1.29, 1.82) is 0 Å². The van der Waals surface area contributed by atoms with E-state index in [1.807, 2.05) is 25.8 Å². The van der Waals surface area contributed by atoms with E-state index in [9.17, 15) is 13.2 Å². The number of carbonyl (C=O) groups is 1. The highest BCUT2D eigenvalue weighted by Gasteiger charge is 2.30. The Kier molecular flexibility index (Phi) is 5.76. The number of hydrogen-bond acceptors (Lipinski definition) is 5. The fraction of sp³-hybridized carbons (Fsp3) is 0.917. The zero-order chi connectivity index (χ0) is 14.6. The number of nitrogens with two attached hydrogens (primary N) is 1. The Balaban J connectivity index is 2.44. The molecule has 1 aliphatic rings. The van der Waals surface area contributed by atoms with Gasteiger partial charge in [-0.15, -0.1) is 0 Å². The maximum atomic E-state index is 11.4. The molecule has 0 aromatic carbocycles. The van der Waals surface area contributed by atoms with Crippen molar-refractivity contribution in [2.24, 2.45) is 5.73 Å². The summed E-state index contributed by atoms with van der Waals surface area (Å²) in [6, 6.07) is -0.104. The summed E-state index contributed by atoms with van der Waals surface area (Å²) in [5.41, 5.74) is 5.35. The summed E-state index contributed by atoms with van der Waals surface area (Å²) in [5.74, 6) is 0.134. The summed E-state index contributed by atoms with van der Waals surface area (Å²) in [6.45, 7) is 4.58. The van der Waals surface area contributed by atoms with Gasteiger partial charge < -0.3 is 16.0 Å². The lowest BCUT2D eigenvalue weighted by molar-refractivity contribution is -0.120. The van der Waals surface area contributed by atoms with Crippen LogP contribution in [-0.4, -0.2) is 62.4 Å². The standard InChI is InChI=1S/C12H25N3O3S/c1-9(2)14-11(12(13)16)4-6-15(3)10-5-7-19(17,18)8-10/h9-11,14H,4-8H2,1-3H3,(H2,13,16). The molecule has 1 aliphatic heterocycles. The second-order valence-corrected chi connectivity index (χ2v) is 7.83. The molecule has 0 aromatic heterocycles. The number of amides is 1. The molecule has 6 nitrogen and oxygen atoms in total. The summed E-state index contributed by atoms with van der Waals surface area (Å²) in [7, 11) is -0.962. The molecule has 1 saturated heterocycles. The summed E-state index contributed by atoms with van der Waals surface area (Å²) in [5, 5.41) is 3.12. The highest BCUT2D eigenvalue weighted by molar-refractivity contribution is 7.91. The van der Waals surface area contributed by atoms with Gasteiger partial charge in [0.05, 0.1) is 17.5 Å². The fourth-order valence-corrected chi connectivity index (χ4v) is 4.15. The number of sulfone groups is 1. The van der Waals surface area contributed by atoms with Gasteiger partial charge in [-0.2, -0.15) is 0 Å². The van der Waals surface area contributed by atoms with Crippen LogP contribution >= 0.6 is 0 Å². The minimum absolute atomic E-state index is 0.0672. The lowest BCUT2D eigenvalue weighted by Gasteiger charge is -2.26. The monoisotopic (exact) mass is 291 g/mol. The van der Waals surface area contributed by atoms with Crippen LogP contribution < -0.4 is 11.1 Å². The van der Waals surface area contributed by atoms with Gasteiger partial charge in [0.25, 0.3) is 0 Å². The number of nitrogens with zero attached hydrogens (tertiary/aromatic N) is 1. The van der Waals surface area contributed by atoms with Gasteiger partial charge in [-0.3, -0.25) is 4.79 Å². The molecule has 0 spiro atoms. The fourth-order valence-electron chi connectivity index (χ4n) is 2.35. The van der Waals surface area contributed by atoms with E-state index in [0.717, 1.165) is 0 Å². The van der Waals surface area contributed by atoms with Crippen LogP contribution in [0.2, 0.25) is 0 Å². The second-order valence-electron chi connectivity index (χ2n) is 5.60. The Hall–Kier alpha value is -0.660. The van der Waals surface area contributed by atoms with Crippen molar-refractivity contribution in [3.63, 3.8) is 0 Å². The van der Waals surface area contributed by atoms with Gasteiger partial charge in [-0.25, -0.2) is 8.42 Å². The van der Waals surface area contributed by atoms with Crippen LogP contribution in [0.1, 0.15) is 26.7 Å². The third-order valence-corrected chi connectivity index (χ3v) is 5.23. The van der Waals surface area contributed by atoms with Crippen LogP contribution in [0, 0.1) is 0 Å². The van der Waals surface area contributed by atoms with Crippen molar-refractivity contribution in [2.45, 2.75) is 44.8 Å². The van der Waals surface area contributed by atoms with E-state index in [1.54, 1.807) is 0 Å². The molecule has 2 unspecified atom stereocenters. The highest BCUT2D eigenvalue weighted by Crippen LogP contribution is 2.16. The van der Waals surface area contributed by atoms with Gasteiger partial charge in [-0.05, 0) is 19.9 Å². The Bertz CT molecular complexity index is 408. The first-order valence-electron chi connectivity index (χ1n) is 6.67. The molecule has 1 fully saturated rings. The molecule has 112 valence electrons. The molecule has 1 rings (SSSR count). The zero-order valence-electron chi connectivity index (χ0n) is 11.9. The summed E-state index contributed by atoms with van der Waals surface area (Å²) in [6.07, 6.45) is 1.28. The van der Waals surface area contributed by atoms with E-state index >= 15 is 0 Å². The number of carbonyl (C=O) groups excluding carboxylic acids is 1. The number of primary amides is 1. The van der Waals surface area contributed by atoms with E-state index in [4.69, 9.17) is 5.73 Å². The molecule has 0 aromatic rings. The van der Waals surface area contributed by atoms with Crippen molar-refractivity contribution >= 4 is 15.7 Å². The minimum atomic E-state index is -2.86. The molecule has 0 bridgehead atoms. The number of rotatable bonds is 7. The van der Waals surface area contributed by atoms with Crippen molar-refractivity contribution in [3.05, 3.63) is 0 Å². The van der Waals surface area contributed by atoms with Gasteiger partial charge in [0.1, 0.15) is 0 Å². The second kappa shape index (κ2) is 6.67. The average Bonchev–Trinajstić information content (AvgIpc) is 2.63. The van der Waals surface area contributed by atoms with Crippen LogP contribution in [0.25, 0.3) is 0 Å². The van der Waals surface area contributed by atoms with Crippen LogP contribution in [0.5, 0.6) is 0 Å². The normalized spacial score (nSPS) is 23.9. The third-order valence-electron chi connectivity index (χ3n) is 3.48. The minimum Gasteiger partial charge on any atom is -0.368 e. The predicted molar refractivity (Wildman–Crippen MR) is 75.6 cm³/mol. The molecule has 1 heterocycles. The molecule has 2 atom stereocenters. The van der Waals surface area contributed by atoms with Gasteiger partial charge in [0, 0.05) is 18.6 Å². The van der Waals surface area contributed by atoms with E-state index in [0.29, 0.717) is 19.4 Å². The van der Waals surface area contributed by atoms with Crippen molar-refractivity contribution < 1.29 is 13.2 Å². The predicted octanol–water partition coefficient (Wildman–Crippen LogP) is -0.653. The smallest absolute Gasteiger partial charge is 0.234 e. The van der Waals surface area contributed by atoms with E-state index in [2.05, 4.69) is 5.32 Å². The van der Waals surface area contributed by atoms with Gasteiger partial charge in [-0.1, -0.05) is 13.8 Å². The van der Waals surface area contributed by atoms with Crippen molar-refractivity contribution in [3.8, 4) is 0 Å². The van der Waals surface area contributed by atoms with Gasteiger partial charge in [0.2, 0.25) is 5.91 Å². The first-order valence-corrected chi connectivity index (χ1v) is 8.49. The maximum Gasteiger partial charge on any atom is 0.234 e. The lowest BCUT2D eigenvalue weighted by Crippen LogP contribution is -2.47. The summed E-state index contributed by atoms with van der Waals surface area (Å²) < 4.78 is 22.8. The Labute approximate surface area is 115 Å². The van der Waals surface area contributed by atoms with Crippen LogP contribution in [0.3, 0.4) is 0 Å². The number of nitrogens with one attached hydrogen (secondary N) is 1. The molecular weight excluding hydrogens is 266 g/mol. The van der Waals surface area contributed by atoms with E-state index in [-0.39, 0.29) is 35.5 Å². The molecule has 19 heavy (non-hydrogen) atoms. The first-order chi connectivity index (χ1) is 8.71. The van der Waals surface area contributed by atoms with Gasteiger partial charge in [0.15, 0.2) is 9.84 Å².